The summed E-state index contributed by atoms with van der Waals surface area (Å²) in [6, 6.07) is 4.22. The van der Waals surface area contributed by atoms with Gasteiger partial charge in [0.25, 0.3) is 0 Å². The highest BCUT2D eigenvalue weighted by molar-refractivity contribution is 5.79. The SMILES string of the molecule is CCCCC(CC)CNC(=NC)NCc1ccnc(N2CCOC(C)C2)c1. The zero-order valence-corrected chi connectivity index (χ0v) is 17.5. The normalized spacial score (nSPS) is 19.0. The number of hydrogen-bond donors (Lipinski definition) is 2. The molecule has 0 aromatic carbocycles. The third-order valence-electron chi connectivity index (χ3n) is 5.16. The Morgan fingerprint density at radius 1 is 1.41 bits per heavy atom. The second kappa shape index (κ2) is 11.8. The first-order chi connectivity index (χ1) is 13.2. The van der Waals surface area contributed by atoms with E-state index in [9.17, 15) is 0 Å². The second-order valence-electron chi connectivity index (χ2n) is 7.37. The molecular formula is C21H37N5O. The third kappa shape index (κ3) is 7.37. The second-order valence-corrected chi connectivity index (χ2v) is 7.37. The van der Waals surface area contributed by atoms with Crippen LogP contribution in [-0.2, 0) is 11.3 Å². The first-order valence-corrected chi connectivity index (χ1v) is 10.4. The summed E-state index contributed by atoms with van der Waals surface area (Å²) in [7, 11) is 1.83. The van der Waals surface area contributed by atoms with Crippen LogP contribution < -0.4 is 15.5 Å². The molecule has 1 aliphatic heterocycles. The number of ether oxygens (including phenoxy) is 1. The number of anilines is 1. The number of unbranched alkanes of at least 4 members (excludes halogenated alkanes) is 1. The van der Waals surface area contributed by atoms with Gasteiger partial charge in [0.1, 0.15) is 5.82 Å². The molecule has 2 heterocycles. The van der Waals surface area contributed by atoms with E-state index in [1.54, 1.807) is 0 Å². The predicted octanol–water partition coefficient (Wildman–Crippen LogP) is 3.19. The van der Waals surface area contributed by atoms with Crippen LogP contribution in [0.2, 0.25) is 0 Å². The van der Waals surface area contributed by atoms with Crippen molar-refractivity contribution in [3.05, 3.63) is 23.9 Å². The molecule has 1 aromatic heterocycles. The van der Waals surface area contributed by atoms with Crippen molar-refractivity contribution in [2.45, 2.75) is 59.1 Å². The van der Waals surface area contributed by atoms with Crippen molar-refractivity contribution in [3.63, 3.8) is 0 Å². The Balaban J connectivity index is 1.84. The Morgan fingerprint density at radius 3 is 2.96 bits per heavy atom. The van der Waals surface area contributed by atoms with Gasteiger partial charge in [-0.25, -0.2) is 4.98 Å². The van der Waals surface area contributed by atoms with E-state index in [1.165, 1.54) is 31.2 Å². The predicted molar refractivity (Wildman–Crippen MR) is 113 cm³/mol. The van der Waals surface area contributed by atoms with Gasteiger partial charge < -0.3 is 20.3 Å². The zero-order valence-electron chi connectivity index (χ0n) is 17.5. The van der Waals surface area contributed by atoms with E-state index < -0.39 is 0 Å². The topological polar surface area (TPSA) is 61.8 Å². The van der Waals surface area contributed by atoms with Gasteiger partial charge in [0, 0.05) is 39.4 Å². The molecule has 0 radical (unpaired) electrons. The number of aromatic nitrogens is 1. The van der Waals surface area contributed by atoms with Crippen LogP contribution in [0.3, 0.4) is 0 Å². The summed E-state index contributed by atoms with van der Waals surface area (Å²) in [5.41, 5.74) is 1.21. The lowest BCUT2D eigenvalue weighted by Gasteiger charge is -2.32. The maximum Gasteiger partial charge on any atom is 0.191 e. The minimum Gasteiger partial charge on any atom is -0.375 e. The maximum absolute atomic E-state index is 5.63. The van der Waals surface area contributed by atoms with Gasteiger partial charge in [0.15, 0.2) is 5.96 Å². The van der Waals surface area contributed by atoms with Crippen LogP contribution >= 0.6 is 0 Å². The molecule has 0 saturated carbocycles. The molecule has 152 valence electrons. The van der Waals surface area contributed by atoms with Crippen molar-refractivity contribution in [3.8, 4) is 0 Å². The standard InChI is InChI=1S/C21H37N5O/c1-5-7-8-18(6-2)14-24-21(22-4)25-15-19-9-10-23-20(13-19)26-11-12-27-17(3)16-26/h9-10,13,17-18H,5-8,11-12,14-16H2,1-4H3,(H2,22,24,25). The Kier molecular flexibility index (Phi) is 9.39. The highest BCUT2D eigenvalue weighted by Gasteiger charge is 2.18. The van der Waals surface area contributed by atoms with Crippen LogP contribution in [0.1, 0.15) is 52.0 Å². The number of nitrogens with one attached hydrogen (secondary N) is 2. The summed E-state index contributed by atoms with van der Waals surface area (Å²) < 4.78 is 5.63. The molecule has 1 aliphatic rings. The molecule has 6 heteroatoms. The quantitative estimate of drug-likeness (QED) is 0.513. The fourth-order valence-electron chi connectivity index (χ4n) is 3.36. The lowest BCUT2D eigenvalue weighted by Crippen LogP contribution is -2.41. The van der Waals surface area contributed by atoms with Crippen LogP contribution in [-0.4, -0.2) is 50.3 Å². The fraction of sp³-hybridized carbons (Fsp3) is 0.714. The van der Waals surface area contributed by atoms with E-state index in [2.05, 4.69) is 58.4 Å². The van der Waals surface area contributed by atoms with Crippen LogP contribution in [0.4, 0.5) is 5.82 Å². The van der Waals surface area contributed by atoms with Gasteiger partial charge in [0.2, 0.25) is 0 Å². The molecule has 1 aromatic rings. The van der Waals surface area contributed by atoms with Crippen LogP contribution in [0.25, 0.3) is 0 Å². The maximum atomic E-state index is 5.63. The third-order valence-corrected chi connectivity index (χ3v) is 5.16. The molecule has 0 amide bonds. The highest BCUT2D eigenvalue weighted by Crippen LogP contribution is 2.16. The average molecular weight is 376 g/mol. The Hall–Kier alpha value is -1.82. The lowest BCUT2D eigenvalue weighted by molar-refractivity contribution is 0.0529. The van der Waals surface area contributed by atoms with Gasteiger partial charge in [-0.3, -0.25) is 4.99 Å². The summed E-state index contributed by atoms with van der Waals surface area (Å²) in [6.07, 6.45) is 7.19. The Labute approximate surface area is 164 Å². The van der Waals surface area contributed by atoms with Crippen molar-refractivity contribution in [1.82, 2.24) is 15.6 Å². The summed E-state index contributed by atoms with van der Waals surface area (Å²) >= 11 is 0. The van der Waals surface area contributed by atoms with E-state index in [1.807, 2.05) is 13.2 Å². The van der Waals surface area contributed by atoms with Gasteiger partial charge in [0.05, 0.1) is 12.7 Å². The van der Waals surface area contributed by atoms with Crippen molar-refractivity contribution >= 4 is 11.8 Å². The molecule has 2 rings (SSSR count). The number of morpholine rings is 1. The number of hydrogen-bond acceptors (Lipinski definition) is 4. The molecule has 0 bridgehead atoms. The molecular weight excluding hydrogens is 338 g/mol. The lowest BCUT2D eigenvalue weighted by atomic mass is 9.99. The molecule has 1 saturated heterocycles. The van der Waals surface area contributed by atoms with Gasteiger partial charge in [-0.15, -0.1) is 0 Å². The highest BCUT2D eigenvalue weighted by atomic mass is 16.5. The van der Waals surface area contributed by atoms with Crippen molar-refractivity contribution in [1.29, 1.82) is 0 Å². The molecule has 2 atom stereocenters. The number of nitrogens with zero attached hydrogens (tertiary/aromatic N) is 3. The van der Waals surface area contributed by atoms with Gasteiger partial charge >= 0.3 is 0 Å². The van der Waals surface area contributed by atoms with Gasteiger partial charge in [-0.2, -0.15) is 0 Å². The average Bonchev–Trinajstić information content (AvgIpc) is 2.70. The molecule has 2 unspecified atom stereocenters. The van der Waals surface area contributed by atoms with Crippen molar-refractivity contribution in [2.24, 2.45) is 10.9 Å². The molecule has 2 N–H and O–H groups in total. The molecule has 27 heavy (non-hydrogen) atoms. The minimum absolute atomic E-state index is 0.254. The number of guanidine groups is 1. The van der Waals surface area contributed by atoms with Crippen LogP contribution in [0.5, 0.6) is 0 Å². The van der Waals surface area contributed by atoms with E-state index in [4.69, 9.17) is 4.74 Å². The zero-order chi connectivity index (χ0) is 19.5. The van der Waals surface area contributed by atoms with Crippen molar-refractivity contribution < 1.29 is 4.74 Å². The first-order valence-electron chi connectivity index (χ1n) is 10.4. The number of rotatable bonds is 9. The fourth-order valence-corrected chi connectivity index (χ4v) is 3.36. The van der Waals surface area contributed by atoms with Crippen LogP contribution in [0.15, 0.2) is 23.3 Å². The largest absolute Gasteiger partial charge is 0.375 e. The monoisotopic (exact) mass is 375 g/mol. The van der Waals surface area contributed by atoms with E-state index >= 15 is 0 Å². The minimum atomic E-state index is 0.254. The summed E-state index contributed by atoms with van der Waals surface area (Å²) in [4.78, 5) is 11.2. The van der Waals surface area contributed by atoms with Gasteiger partial charge in [-0.1, -0.05) is 33.1 Å². The summed E-state index contributed by atoms with van der Waals surface area (Å²) in [5.74, 6) is 2.60. The smallest absolute Gasteiger partial charge is 0.191 e. The first kappa shape index (κ1) is 21.5. The molecule has 1 fully saturated rings. The van der Waals surface area contributed by atoms with Crippen molar-refractivity contribution in [2.75, 3.05) is 38.2 Å². The molecule has 0 spiro atoms. The Bertz CT molecular complexity index is 577. The van der Waals surface area contributed by atoms with E-state index in [0.29, 0.717) is 5.92 Å². The summed E-state index contributed by atoms with van der Waals surface area (Å²) in [5, 5.41) is 6.91. The Morgan fingerprint density at radius 2 is 2.26 bits per heavy atom. The molecule has 6 nitrogen and oxygen atoms in total. The molecule has 0 aliphatic carbocycles. The summed E-state index contributed by atoms with van der Waals surface area (Å²) in [6.45, 7) is 10.9. The number of pyridine rings is 1. The van der Waals surface area contributed by atoms with Crippen LogP contribution in [0, 0.1) is 5.92 Å². The van der Waals surface area contributed by atoms with E-state index in [-0.39, 0.29) is 6.10 Å². The van der Waals surface area contributed by atoms with Gasteiger partial charge in [-0.05, 0) is 37.0 Å². The van der Waals surface area contributed by atoms with E-state index in [0.717, 1.165) is 44.6 Å². The number of aliphatic imine (C=N–C) groups is 1.